The Bertz CT molecular complexity index is 1420. The number of fused-ring (bicyclic) bond motifs is 7. The van der Waals surface area contributed by atoms with Crippen molar-refractivity contribution in [2.45, 2.75) is 11.8 Å². The summed E-state index contributed by atoms with van der Waals surface area (Å²) in [6.07, 6.45) is 0.570. The Kier molecular flexibility index (Phi) is 3.06. The van der Waals surface area contributed by atoms with Gasteiger partial charge in [0, 0.05) is 11.3 Å². The highest BCUT2D eigenvalue weighted by molar-refractivity contribution is 6.12. The van der Waals surface area contributed by atoms with Crippen LogP contribution in [-0.2, 0) is 11.8 Å². The van der Waals surface area contributed by atoms with Crippen molar-refractivity contribution in [3.8, 4) is 11.4 Å². The van der Waals surface area contributed by atoms with Gasteiger partial charge in [0.15, 0.2) is 5.78 Å². The predicted molar refractivity (Wildman–Crippen MR) is 111 cm³/mol. The number of methoxy groups -OCH3 is 1. The highest BCUT2D eigenvalue weighted by atomic mass is 16.5. The van der Waals surface area contributed by atoms with E-state index in [-0.39, 0.29) is 11.3 Å². The molecular weight excluding hydrogens is 362 g/mol. The van der Waals surface area contributed by atoms with Crippen LogP contribution in [0, 0.1) is 0 Å². The molecule has 0 fully saturated rings. The minimum atomic E-state index is -0.854. The maximum absolute atomic E-state index is 13.8. The summed E-state index contributed by atoms with van der Waals surface area (Å²) in [4.78, 5) is 27.3. The number of hydrogen-bond donors (Lipinski definition) is 0. The van der Waals surface area contributed by atoms with E-state index in [4.69, 9.17) is 4.74 Å². The molecule has 2 aliphatic rings. The lowest BCUT2D eigenvalue weighted by Crippen LogP contribution is -2.34. The second-order valence-corrected chi connectivity index (χ2v) is 7.71. The molecule has 1 aliphatic carbocycles. The van der Waals surface area contributed by atoms with E-state index >= 15 is 0 Å². The molecule has 4 heteroatoms. The van der Waals surface area contributed by atoms with Crippen molar-refractivity contribution >= 4 is 16.6 Å². The molecule has 0 saturated heterocycles. The van der Waals surface area contributed by atoms with Crippen LogP contribution >= 0.6 is 0 Å². The number of hydrogen-bond acceptors (Lipinski definition) is 3. The van der Waals surface area contributed by atoms with Crippen LogP contribution in [0.1, 0.15) is 27.2 Å². The average Bonchev–Trinajstić information content (AvgIpc) is 3.22. The molecule has 1 spiro atoms. The number of Topliss-reactive ketones (excluding diaryl/α,β-unsaturated/α-hetero) is 1. The van der Waals surface area contributed by atoms with Crippen LogP contribution in [-0.4, -0.2) is 17.5 Å². The first-order valence-electron chi connectivity index (χ1n) is 9.62. The molecule has 140 valence electrons. The Labute approximate surface area is 167 Å². The third-order valence-corrected chi connectivity index (χ3v) is 6.37. The van der Waals surface area contributed by atoms with Crippen molar-refractivity contribution in [2.24, 2.45) is 0 Å². The van der Waals surface area contributed by atoms with Crippen LogP contribution in [0.15, 0.2) is 77.6 Å². The fourth-order valence-corrected chi connectivity index (χ4v) is 5.05. The van der Waals surface area contributed by atoms with E-state index in [0.717, 1.165) is 33.5 Å². The van der Waals surface area contributed by atoms with Gasteiger partial charge in [0.05, 0.1) is 18.2 Å². The Morgan fingerprint density at radius 3 is 2.55 bits per heavy atom. The van der Waals surface area contributed by atoms with Gasteiger partial charge in [0.2, 0.25) is 0 Å². The van der Waals surface area contributed by atoms with Gasteiger partial charge in [-0.2, -0.15) is 0 Å². The van der Waals surface area contributed by atoms with Crippen molar-refractivity contribution in [1.29, 1.82) is 0 Å². The molecule has 1 unspecified atom stereocenters. The summed E-state index contributed by atoms with van der Waals surface area (Å²) in [5.41, 5.74) is 3.25. The highest BCUT2D eigenvalue weighted by Crippen LogP contribution is 2.50. The number of rotatable bonds is 1. The molecule has 0 amide bonds. The second kappa shape index (κ2) is 5.45. The molecule has 4 nitrogen and oxygen atoms in total. The van der Waals surface area contributed by atoms with Crippen molar-refractivity contribution < 1.29 is 9.53 Å². The van der Waals surface area contributed by atoms with E-state index in [1.165, 1.54) is 0 Å². The topological polar surface area (TPSA) is 48.3 Å². The third kappa shape index (κ3) is 1.88. The molecule has 0 saturated carbocycles. The first kappa shape index (κ1) is 16.3. The van der Waals surface area contributed by atoms with Gasteiger partial charge in [0.25, 0.3) is 5.56 Å². The van der Waals surface area contributed by atoms with Gasteiger partial charge in [0.1, 0.15) is 11.2 Å². The summed E-state index contributed by atoms with van der Waals surface area (Å²) < 4.78 is 7.04. The van der Waals surface area contributed by atoms with Crippen LogP contribution in [0.2, 0.25) is 0 Å². The number of ether oxygens (including phenoxy) is 1. The molecule has 0 bridgehead atoms. The predicted octanol–water partition coefficient (Wildman–Crippen LogP) is 4.04. The lowest BCUT2D eigenvalue weighted by atomic mass is 9.75. The lowest BCUT2D eigenvalue weighted by Gasteiger charge is -2.23. The zero-order chi connectivity index (χ0) is 19.8. The van der Waals surface area contributed by atoms with Crippen LogP contribution < -0.4 is 10.3 Å². The van der Waals surface area contributed by atoms with E-state index in [1.807, 2.05) is 66.7 Å². The molecule has 29 heavy (non-hydrogen) atoms. The van der Waals surface area contributed by atoms with Gasteiger partial charge in [-0.15, -0.1) is 0 Å². The van der Waals surface area contributed by atoms with Gasteiger partial charge < -0.3 is 4.74 Å². The summed E-state index contributed by atoms with van der Waals surface area (Å²) in [5.74, 6) is 0.708. The van der Waals surface area contributed by atoms with Gasteiger partial charge in [-0.1, -0.05) is 48.5 Å². The Morgan fingerprint density at radius 2 is 1.72 bits per heavy atom. The maximum atomic E-state index is 13.8. The van der Waals surface area contributed by atoms with Crippen LogP contribution in [0.3, 0.4) is 0 Å². The third-order valence-electron chi connectivity index (χ3n) is 6.37. The average molecular weight is 379 g/mol. The molecule has 2 heterocycles. The summed E-state index contributed by atoms with van der Waals surface area (Å²) in [6, 6.07) is 23.0. The van der Waals surface area contributed by atoms with Gasteiger partial charge in [-0.05, 0) is 47.2 Å². The molecular formula is C25H17NO3. The minimum Gasteiger partial charge on any atom is -0.497 e. The lowest BCUT2D eigenvalue weighted by molar-refractivity contribution is 0.0930. The number of nitrogens with zero attached hydrogens (tertiary/aromatic N) is 1. The Morgan fingerprint density at radius 1 is 0.931 bits per heavy atom. The molecule has 0 radical (unpaired) electrons. The van der Waals surface area contributed by atoms with Crippen molar-refractivity contribution in [1.82, 2.24) is 4.57 Å². The van der Waals surface area contributed by atoms with Gasteiger partial charge in [-0.3, -0.25) is 14.2 Å². The largest absolute Gasteiger partial charge is 0.497 e. The van der Waals surface area contributed by atoms with Crippen molar-refractivity contribution in [2.75, 3.05) is 7.11 Å². The Balaban J connectivity index is 1.75. The summed E-state index contributed by atoms with van der Waals surface area (Å²) >= 11 is 0. The molecule has 1 aromatic heterocycles. The number of benzene rings is 3. The molecule has 4 aromatic rings. The van der Waals surface area contributed by atoms with Gasteiger partial charge in [-0.25, -0.2) is 0 Å². The second-order valence-electron chi connectivity index (χ2n) is 7.71. The first-order valence-corrected chi connectivity index (χ1v) is 9.62. The van der Waals surface area contributed by atoms with E-state index in [2.05, 4.69) is 0 Å². The van der Waals surface area contributed by atoms with Gasteiger partial charge >= 0.3 is 0 Å². The number of pyridine rings is 1. The normalized spacial score (nSPS) is 18.7. The zero-order valence-corrected chi connectivity index (χ0v) is 15.8. The number of carbonyl (C=O) groups is 1. The van der Waals surface area contributed by atoms with Crippen LogP contribution in [0.5, 0.6) is 5.75 Å². The number of ketones is 1. The molecule has 6 rings (SSSR count). The van der Waals surface area contributed by atoms with Crippen molar-refractivity contribution in [3.05, 3.63) is 106 Å². The Hall–Kier alpha value is -3.66. The minimum absolute atomic E-state index is 0.0686. The summed E-state index contributed by atoms with van der Waals surface area (Å²) in [5, 5.41) is 1.40. The maximum Gasteiger partial charge on any atom is 0.263 e. The van der Waals surface area contributed by atoms with Crippen LogP contribution in [0.4, 0.5) is 0 Å². The van der Waals surface area contributed by atoms with Crippen LogP contribution in [0.25, 0.3) is 16.5 Å². The fraction of sp³-hybridized carbons (Fsp3) is 0.120. The molecule has 1 atom stereocenters. The number of para-hydroxylation sites is 1. The summed E-state index contributed by atoms with van der Waals surface area (Å²) in [7, 11) is 1.59. The van der Waals surface area contributed by atoms with E-state index in [1.54, 1.807) is 17.7 Å². The quantitative estimate of drug-likeness (QED) is 0.502. The number of aromatic nitrogens is 1. The summed E-state index contributed by atoms with van der Waals surface area (Å²) in [6.45, 7) is 0. The first-order chi connectivity index (χ1) is 14.1. The monoisotopic (exact) mass is 379 g/mol. The molecule has 1 aliphatic heterocycles. The molecule has 3 aromatic carbocycles. The highest BCUT2D eigenvalue weighted by Gasteiger charge is 2.54. The van der Waals surface area contributed by atoms with E-state index in [9.17, 15) is 9.59 Å². The fourth-order valence-electron chi connectivity index (χ4n) is 5.05. The standard InChI is InChI=1S/C25H17NO3/c1-29-17-11-10-15-12-22-25(14-16-6-2-3-7-18(16)23(25)27)20-8-4-5-9-21(20)26(22)24(28)19(15)13-17/h2-13H,14H2,1H3. The SMILES string of the molecule is COc1ccc2cc3n(c(=O)c2c1)-c1ccccc1C31Cc2ccccc2C1=O. The molecule has 0 N–H and O–H groups in total. The van der Waals surface area contributed by atoms with Crippen molar-refractivity contribution in [3.63, 3.8) is 0 Å². The van der Waals surface area contributed by atoms with E-state index in [0.29, 0.717) is 17.6 Å². The smallest absolute Gasteiger partial charge is 0.263 e. The zero-order valence-electron chi connectivity index (χ0n) is 15.8. The van der Waals surface area contributed by atoms with E-state index < -0.39 is 5.41 Å². The number of carbonyl (C=O) groups excluding carboxylic acids is 1.